The minimum absolute atomic E-state index is 0.0358. The molecule has 0 aromatic heterocycles. The van der Waals surface area contributed by atoms with Gasteiger partial charge in [-0.1, -0.05) is 0 Å². The summed E-state index contributed by atoms with van der Waals surface area (Å²) < 4.78 is 13.5. The second-order valence-electron chi connectivity index (χ2n) is 14.2. The summed E-state index contributed by atoms with van der Waals surface area (Å²) in [5.74, 6) is 0.218. The third kappa shape index (κ3) is 7.35. The van der Waals surface area contributed by atoms with Crippen LogP contribution in [0.5, 0.6) is 0 Å². The van der Waals surface area contributed by atoms with Crippen LogP contribution in [0.2, 0.25) is 0 Å². The van der Waals surface area contributed by atoms with Crippen LogP contribution in [0.3, 0.4) is 0 Å². The number of nitrogens with zero attached hydrogens (tertiary/aromatic N) is 4. The molecule has 6 aliphatic heterocycles. The molecule has 2 bridgehead atoms. The predicted molar refractivity (Wildman–Crippen MR) is 168 cm³/mol. The van der Waals surface area contributed by atoms with E-state index in [9.17, 15) is 23.6 Å². The van der Waals surface area contributed by atoms with E-state index in [0.717, 1.165) is 71.2 Å². The Kier molecular flexibility index (Phi) is 9.75. The lowest BCUT2D eigenvalue weighted by Crippen LogP contribution is -2.61. The van der Waals surface area contributed by atoms with Crippen LogP contribution in [-0.2, 0) is 14.4 Å². The number of carbonyl (C=O) groups excluding carboxylic acids is 4. The van der Waals surface area contributed by atoms with Crippen LogP contribution in [0.15, 0.2) is 24.3 Å². The summed E-state index contributed by atoms with van der Waals surface area (Å²) in [6, 6.07) is 5.58. The average molecular weight is 625 g/mol. The van der Waals surface area contributed by atoms with Gasteiger partial charge in [-0.25, -0.2) is 4.39 Å². The van der Waals surface area contributed by atoms with Gasteiger partial charge < -0.3 is 25.3 Å². The molecule has 11 heteroatoms. The number of hydrogen-bond donors (Lipinski definition) is 2. The molecule has 2 N–H and O–H groups in total. The molecule has 0 aliphatic carbocycles. The smallest absolute Gasteiger partial charge is 0.253 e. The molecule has 6 saturated heterocycles. The number of halogens is 1. The first-order chi connectivity index (χ1) is 21.7. The first-order valence-corrected chi connectivity index (χ1v) is 17.1. The first kappa shape index (κ1) is 31.9. The number of hydrogen-bond acceptors (Lipinski definition) is 6. The van der Waals surface area contributed by atoms with E-state index < -0.39 is 5.54 Å². The monoisotopic (exact) mass is 624 g/mol. The quantitative estimate of drug-likeness (QED) is 0.497. The zero-order valence-corrected chi connectivity index (χ0v) is 26.6. The molecule has 0 unspecified atom stereocenters. The molecule has 1 aromatic rings. The molecule has 6 fully saturated rings. The van der Waals surface area contributed by atoms with Gasteiger partial charge >= 0.3 is 0 Å². The maximum Gasteiger partial charge on any atom is 0.253 e. The highest BCUT2D eigenvalue weighted by Gasteiger charge is 2.44. The second-order valence-corrected chi connectivity index (χ2v) is 14.2. The lowest BCUT2D eigenvalue weighted by molar-refractivity contribution is -0.136. The average Bonchev–Trinajstić information content (AvgIpc) is 3.53. The molecule has 3 atom stereocenters. The number of nitrogens with one attached hydrogen (secondary N) is 2. The van der Waals surface area contributed by atoms with Gasteiger partial charge in [0.2, 0.25) is 17.7 Å². The molecule has 0 radical (unpaired) electrons. The van der Waals surface area contributed by atoms with Gasteiger partial charge in [0.05, 0.1) is 11.6 Å². The normalized spacial score (nSPS) is 29.5. The molecule has 1 spiro atoms. The van der Waals surface area contributed by atoms with E-state index in [1.807, 2.05) is 4.90 Å². The largest absolute Gasteiger partial charge is 0.356 e. The van der Waals surface area contributed by atoms with Crippen molar-refractivity contribution in [2.45, 2.75) is 81.8 Å². The molecule has 6 aliphatic rings. The summed E-state index contributed by atoms with van der Waals surface area (Å²) in [4.78, 5) is 62.5. The van der Waals surface area contributed by atoms with Crippen LogP contribution in [-0.4, -0.2) is 120 Å². The Balaban J connectivity index is 1.20. The number of likely N-dealkylation sites (tertiary alicyclic amines) is 2. The van der Waals surface area contributed by atoms with Crippen LogP contribution in [0.25, 0.3) is 0 Å². The van der Waals surface area contributed by atoms with E-state index in [1.165, 1.54) is 24.3 Å². The number of piperidine rings is 3. The number of fused-ring (bicyclic) bond motifs is 8. The Morgan fingerprint density at radius 1 is 0.889 bits per heavy atom. The van der Waals surface area contributed by atoms with Crippen molar-refractivity contribution in [2.24, 2.45) is 11.8 Å². The standard InChI is InChI=1S/C34H49FN6O4/c1-38-16-9-25-21-31(43)39-17-10-28(11-18-39)41-15-2-3-29(41)32(44)37-34(22-30(42)36-14-8-26(25)23-38)12-19-40(20-13-34)33(45)24-4-6-27(35)7-5-24/h4-7,25-26,28-29H,2-3,8-23H2,1H3,(H,36,42)(H,37,44)/t25-,26-,29-/m0/s1. The van der Waals surface area contributed by atoms with Gasteiger partial charge in [0.1, 0.15) is 5.82 Å². The van der Waals surface area contributed by atoms with Gasteiger partial charge in [0.25, 0.3) is 5.91 Å². The maximum absolute atomic E-state index is 14.0. The van der Waals surface area contributed by atoms with Crippen LogP contribution in [0.4, 0.5) is 4.39 Å². The third-order valence-electron chi connectivity index (χ3n) is 11.2. The minimum atomic E-state index is -0.746. The van der Waals surface area contributed by atoms with Crippen molar-refractivity contribution in [1.29, 1.82) is 0 Å². The Labute approximate surface area is 266 Å². The molecule has 246 valence electrons. The summed E-state index contributed by atoms with van der Waals surface area (Å²) in [7, 11) is 2.12. The van der Waals surface area contributed by atoms with E-state index in [-0.39, 0.29) is 48.0 Å². The fraction of sp³-hybridized carbons (Fsp3) is 0.706. The van der Waals surface area contributed by atoms with E-state index in [2.05, 4.69) is 27.5 Å². The van der Waals surface area contributed by atoms with Gasteiger partial charge in [-0.05, 0) is 108 Å². The maximum atomic E-state index is 14.0. The highest BCUT2D eigenvalue weighted by molar-refractivity contribution is 5.94. The van der Waals surface area contributed by atoms with Crippen LogP contribution < -0.4 is 10.6 Å². The third-order valence-corrected chi connectivity index (χ3v) is 11.2. The van der Waals surface area contributed by atoms with E-state index in [0.29, 0.717) is 56.3 Å². The summed E-state index contributed by atoms with van der Waals surface area (Å²) >= 11 is 0. The number of benzene rings is 1. The fourth-order valence-electron chi connectivity index (χ4n) is 8.54. The molecule has 45 heavy (non-hydrogen) atoms. The van der Waals surface area contributed by atoms with E-state index in [4.69, 9.17) is 0 Å². The summed E-state index contributed by atoms with van der Waals surface area (Å²) in [6.07, 6.45) is 6.96. The van der Waals surface area contributed by atoms with Crippen molar-refractivity contribution in [1.82, 2.24) is 30.2 Å². The molecule has 4 amide bonds. The second kappa shape index (κ2) is 13.7. The van der Waals surface area contributed by atoms with Gasteiger partial charge in [0.15, 0.2) is 0 Å². The highest BCUT2D eigenvalue weighted by atomic mass is 19.1. The van der Waals surface area contributed by atoms with Crippen molar-refractivity contribution in [3.05, 3.63) is 35.6 Å². The van der Waals surface area contributed by atoms with Crippen molar-refractivity contribution in [3.8, 4) is 0 Å². The van der Waals surface area contributed by atoms with Crippen molar-refractivity contribution >= 4 is 23.6 Å². The lowest BCUT2D eigenvalue weighted by Gasteiger charge is -2.44. The number of rotatable bonds is 1. The Morgan fingerprint density at radius 3 is 2.36 bits per heavy atom. The summed E-state index contributed by atoms with van der Waals surface area (Å²) in [6.45, 7) is 5.59. The van der Waals surface area contributed by atoms with Gasteiger partial charge in [0, 0.05) is 63.7 Å². The molecule has 1 aromatic carbocycles. The SMILES string of the molecule is CN1CC[C@H]2CC(=O)N3CCC(CC3)N3CCC[C@H]3C(=O)NC3(CCN(C(=O)c4ccc(F)cc4)CC3)CC(=O)NCC[C@H]2C1. The van der Waals surface area contributed by atoms with Gasteiger partial charge in [-0.3, -0.25) is 24.1 Å². The zero-order chi connectivity index (χ0) is 31.6. The van der Waals surface area contributed by atoms with Gasteiger partial charge in [-0.2, -0.15) is 0 Å². The molecule has 7 rings (SSSR count). The zero-order valence-electron chi connectivity index (χ0n) is 26.6. The summed E-state index contributed by atoms with van der Waals surface area (Å²) in [5.41, 5.74) is -0.316. The highest BCUT2D eigenvalue weighted by Crippen LogP contribution is 2.33. The Hall–Kier alpha value is -3.05. The lowest BCUT2D eigenvalue weighted by atomic mass is 9.80. The number of amides is 4. The molecular weight excluding hydrogens is 575 g/mol. The fourth-order valence-corrected chi connectivity index (χ4v) is 8.54. The Morgan fingerprint density at radius 2 is 1.62 bits per heavy atom. The topological polar surface area (TPSA) is 105 Å². The van der Waals surface area contributed by atoms with Crippen molar-refractivity contribution in [2.75, 3.05) is 59.4 Å². The van der Waals surface area contributed by atoms with Gasteiger partial charge in [-0.15, -0.1) is 0 Å². The summed E-state index contributed by atoms with van der Waals surface area (Å²) in [5, 5.41) is 6.50. The number of carbonyl (C=O) groups is 4. The first-order valence-electron chi connectivity index (χ1n) is 17.1. The molecule has 6 heterocycles. The van der Waals surface area contributed by atoms with Crippen LogP contribution in [0.1, 0.15) is 74.6 Å². The van der Waals surface area contributed by atoms with Crippen LogP contribution >= 0.6 is 0 Å². The van der Waals surface area contributed by atoms with E-state index >= 15 is 0 Å². The molecule has 10 nitrogen and oxygen atoms in total. The van der Waals surface area contributed by atoms with Crippen molar-refractivity contribution < 1.29 is 23.6 Å². The minimum Gasteiger partial charge on any atom is -0.356 e. The Bertz CT molecular complexity index is 1240. The molecular formula is C34H49FN6O4. The predicted octanol–water partition coefficient (Wildman–Crippen LogP) is 2.24. The molecule has 0 saturated carbocycles. The van der Waals surface area contributed by atoms with Crippen molar-refractivity contribution in [3.63, 3.8) is 0 Å². The van der Waals surface area contributed by atoms with Crippen LogP contribution in [0, 0.1) is 17.7 Å². The van der Waals surface area contributed by atoms with E-state index in [1.54, 1.807) is 4.90 Å².